The molecule has 0 aliphatic rings. The van der Waals surface area contributed by atoms with Crippen molar-refractivity contribution in [2.24, 2.45) is 5.73 Å². The van der Waals surface area contributed by atoms with Crippen molar-refractivity contribution in [2.45, 2.75) is 19.6 Å². The Balaban J connectivity index is 1.67. The standard InChI is InChI=1S/C21H21NO/c1-16(22)18-7-9-19(10-8-18)20-11-13-21(14-12-20)23-15-17-5-3-2-4-6-17/h2-14,16H,15,22H2,1H3/t16-/m0/s1. The highest BCUT2D eigenvalue weighted by Crippen LogP contribution is 2.24. The predicted octanol–water partition coefficient (Wildman–Crippen LogP) is 4.95. The van der Waals surface area contributed by atoms with Gasteiger partial charge in [-0.25, -0.2) is 0 Å². The minimum atomic E-state index is 0.0674. The lowest BCUT2D eigenvalue weighted by Crippen LogP contribution is -2.04. The Morgan fingerprint density at radius 1 is 0.783 bits per heavy atom. The van der Waals surface area contributed by atoms with Gasteiger partial charge < -0.3 is 10.5 Å². The number of ether oxygens (including phenoxy) is 1. The second kappa shape index (κ2) is 7.12. The van der Waals surface area contributed by atoms with Crippen LogP contribution in [0.3, 0.4) is 0 Å². The molecule has 3 rings (SSSR count). The molecule has 23 heavy (non-hydrogen) atoms. The summed E-state index contributed by atoms with van der Waals surface area (Å²) in [5, 5.41) is 0. The lowest BCUT2D eigenvalue weighted by Gasteiger charge is -2.09. The van der Waals surface area contributed by atoms with Crippen LogP contribution in [0.5, 0.6) is 5.75 Å². The molecular formula is C21H21NO. The summed E-state index contributed by atoms with van der Waals surface area (Å²) in [7, 11) is 0. The second-order valence-corrected chi connectivity index (χ2v) is 5.71. The van der Waals surface area contributed by atoms with Crippen LogP contribution < -0.4 is 10.5 Å². The molecule has 2 nitrogen and oxygen atoms in total. The summed E-state index contributed by atoms with van der Waals surface area (Å²) in [6.45, 7) is 2.58. The molecule has 0 saturated heterocycles. The third-order valence-corrected chi connectivity index (χ3v) is 3.87. The summed E-state index contributed by atoms with van der Waals surface area (Å²) in [6.07, 6.45) is 0. The van der Waals surface area contributed by atoms with E-state index in [1.54, 1.807) is 0 Å². The average Bonchev–Trinajstić information content (AvgIpc) is 2.61. The van der Waals surface area contributed by atoms with Crippen LogP contribution in [-0.2, 0) is 6.61 Å². The zero-order chi connectivity index (χ0) is 16.1. The van der Waals surface area contributed by atoms with E-state index in [9.17, 15) is 0 Å². The Morgan fingerprint density at radius 2 is 1.35 bits per heavy atom. The maximum Gasteiger partial charge on any atom is 0.119 e. The van der Waals surface area contributed by atoms with E-state index in [1.807, 2.05) is 37.3 Å². The van der Waals surface area contributed by atoms with E-state index in [2.05, 4.69) is 48.5 Å². The zero-order valence-corrected chi connectivity index (χ0v) is 13.3. The molecule has 3 aromatic rings. The van der Waals surface area contributed by atoms with Crippen LogP contribution in [0.25, 0.3) is 11.1 Å². The molecule has 3 aromatic carbocycles. The van der Waals surface area contributed by atoms with Gasteiger partial charge in [0.2, 0.25) is 0 Å². The van der Waals surface area contributed by atoms with Gasteiger partial charge in [0, 0.05) is 6.04 Å². The molecule has 0 aromatic heterocycles. The third-order valence-electron chi connectivity index (χ3n) is 3.87. The van der Waals surface area contributed by atoms with Crippen molar-refractivity contribution in [3.8, 4) is 16.9 Å². The normalized spacial score (nSPS) is 11.9. The minimum Gasteiger partial charge on any atom is -0.489 e. The SMILES string of the molecule is C[C@H](N)c1ccc(-c2ccc(OCc3ccccc3)cc2)cc1. The molecule has 0 radical (unpaired) electrons. The summed E-state index contributed by atoms with van der Waals surface area (Å²) in [4.78, 5) is 0. The minimum absolute atomic E-state index is 0.0674. The molecule has 1 atom stereocenters. The maximum atomic E-state index is 5.89. The summed E-state index contributed by atoms with van der Waals surface area (Å²) in [5.41, 5.74) is 10.6. The van der Waals surface area contributed by atoms with Gasteiger partial charge in [-0.1, -0.05) is 66.7 Å². The molecule has 0 spiro atoms. The molecule has 116 valence electrons. The highest BCUT2D eigenvalue weighted by molar-refractivity contribution is 5.64. The van der Waals surface area contributed by atoms with Crippen LogP contribution in [0.2, 0.25) is 0 Å². The lowest BCUT2D eigenvalue weighted by atomic mass is 10.0. The molecule has 2 heteroatoms. The lowest BCUT2D eigenvalue weighted by molar-refractivity contribution is 0.306. The molecule has 0 saturated carbocycles. The largest absolute Gasteiger partial charge is 0.489 e. The Kier molecular flexibility index (Phi) is 4.74. The van der Waals surface area contributed by atoms with Crippen molar-refractivity contribution in [1.82, 2.24) is 0 Å². The second-order valence-electron chi connectivity index (χ2n) is 5.71. The summed E-state index contributed by atoms with van der Waals surface area (Å²) < 4.78 is 5.82. The summed E-state index contributed by atoms with van der Waals surface area (Å²) in [6, 6.07) is 26.8. The number of hydrogen-bond acceptors (Lipinski definition) is 2. The molecule has 0 bridgehead atoms. The predicted molar refractivity (Wildman–Crippen MR) is 95.3 cm³/mol. The average molecular weight is 303 g/mol. The van der Waals surface area contributed by atoms with Crippen molar-refractivity contribution in [3.63, 3.8) is 0 Å². The molecule has 0 heterocycles. The van der Waals surface area contributed by atoms with E-state index in [0.29, 0.717) is 6.61 Å². The van der Waals surface area contributed by atoms with Gasteiger partial charge in [0.25, 0.3) is 0 Å². The van der Waals surface area contributed by atoms with E-state index in [-0.39, 0.29) is 6.04 Å². The Labute approximate surface area is 137 Å². The highest BCUT2D eigenvalue weighted by atomic mass is 16.5. The fraction of sp³-hybridized carbons (Fsp3) is 0.143. The zero-order valence-electron chi connectivity index (χ0n) is 13.3. The van der Waals surface area contributed by atoms with E-state index >= 15 is 0 Å². The molecule has 2 N–H and O–H groups in total. The van der Waals surface area contributed by atoms with Gasteiger partial charge in [-0.3, -0.25) is 0 Å². The van der Waals surface area contributed by atoms with Crippen LogP contribution in [0.1, 0.15) is 24.1 Å². The number of benzene rings is 3. The molecular weight excluding hydrogens is 282 g/mol. The van der Waals surface area contributed by atoms with E-state index in [0.717, 1.165) is 11.3 Å². The molecule has 0 amide bonds. The van der Waals surface area contributed by atoms with Crippen molar-refractivity contribution in [2.75, 3.05) is 0 Å². The van der Waals surface area contributed by atoms with Crippen molar-refractivity contribution >= 4 is 0 Å². The Morgan fingerprint density at radius 3 is 1.91 bits per heavy atom. The van der Waals surface area contributed by atoms with E-state index < -0.39 is 0 Å². The summed E-state index contributed by atoms with van der Waals surface area (Å²) >= 11 is 0. The van der Waals surface area contributed by atoms with Gasteiger partial charge in [-0.15, -0.1) is 0 Å². The van der Waals surface area contributed by atoms with Crippen molar-refractivity contribution in [3.05, 3.63) is 90.0 Å². The van der Waals surface area contributed by atoms with E-state index in [1.165, 1.54) is 16.7 Å². The van der Waals surface area contributed by atoms with Crippen molar-refractivity contribution < 1.29 is 4.74 Å². The van der Waals surface area contributed by atoms with E-state index in [4.69, 9.17) is 10.5 Å². The fourth-order valence-corrected chi connectivity index (χ4v) is 2.46. The first-order valence-electron chi connectivity index (χ1n) is 7.85. The molecule has 0 aliphatic carbocycles. The van der Waals surface area contributed by atoms with Crippen LogP contribution >= 0.6 is 0 Å². The smallest absolute Gasteiger partial charge is 0.119 e. The number of hydrogen-bond donors (Lipinski definition) is 1. The summed E-state index contributed by atoms with van der Waals surface area (Å²) in [5.74, 6) is 0.879. The maximum absolute atomic E-state index is 5.89. The monoisotopic (exact) mass is 303 g/mol. The van der Waals surface area contributed by atoms with Gasteiger partial charge in [0.05, 0.1) is 0 Å². The third kappa shape index (κ3) is 3.99. The quantitative estimate of drug-likeness (QED) is 0.723. The molecule has 0 unspecified atom stereocenters. The van der Waals surface area contributed by atoms with Gasteiger partial charge >= 0.3 is 0 Å². The first-order chi connectivity index (χ1) is 11.2. The first-order valence-corrected chi connectivity index (χ1v) is 7.85. The Bertz CT molecular complexity index is 731. The fourth-order valence-electron chi connectivity index (χ4n) is 2.46. The molecule has 0 aliphatic heterocycles. The van der Waals surface area contributed by atoms with Gasteiger partial charge in [0.15, 0.2) is 0 Å². The topological polar surface area (TPSA) is 35.2 Å². The Hall–Kier alpha value is -2.58. The van der Waals surface area contributed by atoms with Crippen LogP contribution in [0, 0.1) is 0 Å². The van der Waals surface area contributed by atoms with Crippen molar-refractivity contribution in [1.29, 1.82) is 0 Å². The van der Waals surface area contributed by atoms with Gasteiger partial charge in [0.1, 0.15) is 12.4 Å². The first kappa shape index (κ1) is 15.3. The molecule has 0 fully saturated rings. The van der Waals surface area contributed by atoms with Crippen LogP contribution in [0.15, 0.2) is 78.9 Å². The highest BCUT2D eigenvalue weighted by Gasteiger charge is 2.02. The number of rotatable bonds is 5. The number of nitrogens with two attached hydrogens (primary N) is 1. The van der Waals surface area contributed by atoms with Crippen LogP contribution in [-0.4, -0.2) is 0 Å². The van der Waals surface area contributed by atoms with Crippen LogP contribution in [0.4, 0.5) is 0 Å². The van der Waals surface area contributed by atoms with Gasteiger partial charge in [-0.05, 0) is 41.3 Å². The van der Waals surface area contributed by atoms with Gasteiger partial charge in [-0.2, -0.15) is 0 Å².